The summed E-state index contributed by atoms with van der Waals surface area (Å²) < 4.78 is 5.37. The molecule has 0 heterocycles. The lowest BCUT2D eigenvalue weighted by molar-refractivity contribution is 0.0497. The van der Waals surface area contributed by atoms with Crippen LogP contribution in [0.15, 0.2) is 24.3 Å². The van der Waals surface area contributed by atoms with Gasteiger partial charge in [-0.25, -0.2) is 4.79 Å². The summed E-state index contributed by atoms with van der Waals surface area (Å²) in [5.41, 5.74) is 1.97. The molecule has 2 nitrogen and oxygen atoms in total. The van der Waals surface area contributed by atoms with E-state index in [9.17, 15) is 4.79 Å². The first-order valence-electron chi connectivity index (χ1n) is 10.0. The van der Waals surface area contributed by atoms with E-state index in [0.29, 0.717) is 12.2 Å². The minimum absolute atomic E-state index is 0.184. The zero-order chi connectivity index (χ0) is 17.5. The normalized spacial score (nSPS) is 10.8. The molecule has 0 N–H and O–H groups in total. The van der Waals surface area contributed by atoms with E-state index in [1.54, 1.807) is 0 Å². The van der Waals surface area contributed by atoms with Crippen LogP contribution < -0.4 is 0 Å². The fourth-order valence-electron chi connectivity index (χ4n) is 2.85. The summed E-state index contributed by atoms with van der Waals surface area (Å²) in [6, 6.07) is 7.88. The van der Waals surface area contributed by atoms with Crippen molar-refractivity contribution in [3.63, 3.8) is 0 Å². The number of ether oxygens (including phenoxy) is 1. The molecule has 0 bridgehead atoms. The highest BCUT2D eigenvalue weighted by Crippen LogP contribution is 2.11. The molecular formula is C22H36O2. The summed E-state index contributed by atoms with van der Waals surface area (Å²) >= 11 is 0. The smallest absolute Gasteiger partial charge is 0.338 e. The zero-order valence-electron chi connectivity index (χ0n) is 15.8. The molecule has 0 saturated carbocycles. The SMILES string of the molecule is CCCCCCCCCCCOC(=O)c1ccc(CCCC)cc1. The van der Waals surface area contributed by atoms with Crippen LogP contribution in [0.1, 0.15) is 100 Å². The molecule has 136 valence electrons. The van der Waals surface area contributed by atoms with Crippen molar-refractivity contribution in [2.24, 2.45) is 0 Å². The number of rotatable bonds is 14. The Bertz CT molecular complexity index is 422. The van der Waals surface area contributed by atoms with Gasteiger partial charge in [0.05, 0.1) is 12.2 Å². The van der Waals surface area contributed by atoms with Crippen LogP contribution in [0, 0.1) is 0 Å². The maximum atomic E-state index is 12.0. The van der Waals surface area contributed by atoms with Crippen LogP contribution >= 0.6 is 0 Å². The fraction of sp³-hybridized carbons (Fsp3) is 0.682. The molecular weight excluding hydrogens is 296 g/mol. The molecule has 0 aliphatic heterocycles. The van der Waals surface area contributed by atoms with Gasteiger partial charge in [-0.05, 0) is 37.0 Å². The van der Waals surface area contributed by atoms with Gasteiger partial charge >= 0.3 is 5.97 Å². The lowest BCUT2D eigenvalue weighted by Gasteiger charge is -2.06. The fourth-order valence-corrected chi connectivity index (χ4v) is 2.85. The van der Waals surface area contributed by atoms with Crippen LogP contribution in [0.4, 0.5) is 0 Å². The van der Waals surface area contributed by atoms with E-state index in [-0.39, 0.29) is 5.97 Å². The summed E-state index contributed by atoms with van der Waals surface area (Å²) in [5, 5.41) is 0. The highest BCUT2D eigenvalue weighted by Gasteiger charge is 2.06. The van der Waals surface area contributed by atoms with E-state index in [4.69, 9.17) is 4.74 Å². The third kappa shape index (κ3) is 9.75. The maximum Gasteiger partial charge on any atom is 0.338 e. The van der Waals surface area contributed by atoms with E-state index < -0.39 is 0 Å². The molecule has 0 radical (unpaired) electrons. The molecule has 0 amide bonds. The summed E-state index contributed by atoms with van der Waals surface area (Å²) in [5.74, 6) is -0.184. The van der Waals surface area contributed by atoms with Crippen molar-refractivity contribution in [2.75, 3.05) is 6.61 Å². The van der Waals surface area contributed by atoms with Crippen molar-refractivity contribution in [2.45, 2.75) is 90.9 Å². The molecule has 0 spiro atoms. The predicted octanol–water partition coefficient (Wildman–Crippen LogP) is 6.72. The third-order valence-electron chi connectivity index (χ3n) is 4.49. The summed E-state index contributed by atoms with van der Waals surface area (Å²) in [4.78, 5) is 12.0. The first kappa shape index (κ1) is 20.7. The maximum absolute atomic E-state index is 12.0. The van der Waals surface area contributed by atoms with Gasteiger partial charge in [-0.2, -0.15) is 0 Å². The van der Waals surface area contributed by atoms with Crippen molar-refractivity contribution >= 4 is 5.97 Å². The van der Waals surface area contributed by atoms with Crippen molar-refractivity contribution < 1.29 is 9.53 Å². The Morgan fingerprint density at radius 2 is 1.29 bits per heavy atom. The minimum Gasteiger partial charge on any atom is -0.462 e. The third-order valence-corrected chi connectivity index (χ3v) is 4.49. The quantitative estimate of drug-likeness (QED) is 0.279. The number of esters is 1. The van der Waals surface area contributed by atoms with Gasteiger partial charge in [0.1, 0.15) is 0 Å². The van der Waals surface area contributed by atoms with Crippen molar-refractivity contribution in [3.05, 3.63) is 35.4 Å². The van der Waals surface area contributed by atoms with Crippen LogP contribution in [-0.4, -0.2) is 12.6 Å². The lowest BCUT2D eigenvalue weighted by Crippen LogP contribution is -2.06. The van der Waals surface area contributed by atoms with Crippen LogP contribution in [0.25, 0.3) is 0 Å². The molecule has 0 aliphatic rings. The molecule has 1 rings (SSSR count). The van der Waals surface area contributed by atoms with Crippen LogP contribution in [0.2, 0.25) is 0 Å². The Hall–Kier alpha value is -1.31. The van der Waals surface area contributed by atoms with Gasteiger partial charge in [0.2, 0.25) is 0 Å². The van der Waals surface area contributed by atoms with Gasteiger partial charge in [-0.1, -0.05) is 83.8 Å². The summed E-state index contributed by atoms with van der Waals surface area (Å²) in [6.07, 6.45) is 15.0. The summed E-state index contributed by atoms with van der Waals surface area (Å²) in [6.45, 7) is 4.99. The van der Waals surface area contributed by atoms with Crippen molar-refractivity contribution in [1.82, 2.24) is 0 Å². The molecule has 0 aliphatic carbocycles. The second kappa shape index (κ2) is 14.1. The van der Waals surface area contributed by atoms with E-state index in [1.807, 2.05) is 24.3 Å². The highest BCUT2D eigenvalue weighted by atomic mass is 16.5. The molecule has 24 heavy (non-hydrogen) atoms. The predicted molar refractivity (Wildman–Crippen MR) is 103 cm³/mol. The largest absolute Gasteiger partial charge is 0.462 e. The lowest BCUT2D eigenvalue weighted by atomic mass is 10.1. The molecule has 0 aromatic heterocycles. The van der Waals surface area contributed by atoms with Gasteiger partial charge in [-0.3, -0.25) is 0 Å². The monoisotopic (exact) mass is 332 g/mol. The second-order valence-corrected chi connectivity index (χ2v) is 6.76. The standard InChI is InChI=1S/C22H36O2/c1-3-5-7-8-9-10-11-12-13-19-24-22(23)21-17-15-20(16-18-21)14-6-4-2/h15-18H,3-14,19H2,1-2H3. The highest BCUT2D eigenvalue weighted by molar-refractivity contribution is 5.89. The van der Waals surface area contributed by atoms with E-state index in [2.05, 4.69) is 13.8 Å². The Morgan fingerprint density at radius 1 is 0.750 bits per heavy atom. The average molecular weight is 333 g/mol. The Morgan fingerprint density at radius 3 is 1.88 bits per heavy atom. The Kier molecular flexibility index (Phi) is 12.2. The van der Waals surface area contributed by atoms with Crippen LogP contribution in [-0.2, 0) is 11.2 Å². The van der Waals surface area contributed by atoms with E-state index in [0.717, 1.165) is 19.3 Å². The molecule has 0 unspecified atom stereocenters. The van der Waals surface area contributed by atoms with E-state index >= 15 is 0 Å². The van der Waals surface area contributed by atoms with Crippen molar-refractivity contribution in [3.8, 4) is 0 Å². The average Bonchev–Trinajstić information content (AvgIpc) is 2.61. The first-order chi connectivity index (χ1) is 11.8. The Labute approximate surface area is 149 Å². The summed E-state index contributed by atoms with van der Waals surface area (Å²) in [7, 11) is 0. The minimum atomic E-state index is -0.184. The number of carbonyl (C=O) groups is 1. The van der Waals surface area contributed by atoms with Gasteiger partial charge < -0.3 is 4.74 Å². The molecule has 1 aromatic carbocycles. The molecule has 0 saturated heterocycles. The van der Waals surface area contributed by atoms with Crippen molar-refractivity contribution in [1.29, 1.82) is 0 Å². The number of hydrogen-bond acceptors (Lipinski definition) is 2. The molecule has 2 heteroatoms. The first-order valence-corrected chi connectivity index (χ1v) is 10.0. The van der Waals surface area contributed by atoms with Gasteiger partial charge in [0, 0.05) is 0 Å². The van der Waals surface area contributed by atoms with E-state index in [1.165, 1.54) is 63.4 Å². The zero-order valence-corrected chi connectivity index (χ0v) is 15.8. The second-order valence-electron chi connectivity index (χ2n) is 6.76. The van der Waals surface area contributed by atoms with Gasteiger partial charge in [0.15, 0.2) is 0 Å². The van der Waals surface area contributed by atoms with Crippen LogP contribution in [0.5, 0.6) is 0 Å². The number of benzene rings is 1. The molecule has 1 aromatic rings. The van der Waals surface area contributed by atoms with Gasteiger partial charge in [0.25, 0.3) is 0 Å². The number of carbonyl (C=O) groups excluding carboxylic acids is 1. The Balaban J connectivity index is 2.05. The number of hydrogen-bond donors (Lipinski definition) is 0. The van der Waals surface area contributed by atoms with Gasteiger partial charge in [-0.15, -0.1) is 0 Å². The molecule has 0 fully saturated rings. The molecule has 0 atom stereocenters. The topological polar surface area (TPSA) is 26.3 Å². The van der Waals surface area contributed by atoms with Crippen LogP contribution in [0.3, 0.4) is 0 Å². The number of aryl methyl sites for hydroxylation is 1. The number of unbranched alkanes of at least 4 members (excludes halogenated alkanes) is 9.